The molecule has 30 heavy (non-hydrogen) atoms. The first-order valence-corrected chi connectivity index (χ1v) is 10.5. The Bertz CT molecular complexity index is 840. The molecular weight excluding hydrogens is 402 g/mol. The monoisotopic (exact) mass is 431 g/mol. The van der Waals surface area contributed by atoms with E-state index in [1.165, 1.54) is 0 Å². The molecular formula is C22H30ClN5O2. The number of hydrogen-bond acceptors (Lipinski definition) is 5. The SMILES string of the molecule is CCN(CC)C(C)C(=O)N[C@@H](Cc1cccc(Cl)c1)C(=O)NCc1ccc(N)nc1. The van der Waals surface area contributed by atoms with Gasteiger partial charge in [-0.05, 0) is 49.3 Å². The van der Waals surface area contributed by atoms with Gasteiger partial charge in [-0.15, -0.1) is 0 Å². The van der Waals surface area contributed by atoms with Crippen molar-refractivity contribution in [2.24, 2.45) is 0 Å². The summed E-state index contributed by atoms with van der Waals surface area (Å²) in [7, 11) is 0. The van der Waals surface area contributed by atoms with Gasteiger partial charge in [-0.1, -0.05) is 43.6 Å². The molecule has 1 aromatic heterocycles. The third-order valence-electron chi connectivity index (χ3n) is 5.02. The maximum atomic E-state index is 12.9. The van der Waals surface area contributed by atoms with E-state index in [-0.39, 0.29) is 17.9 Å². The Morgan fingerprint density at radius 1 is 1.13 bits per heavy atom. The lowest BCUT2D eigenvalue weighted by Crippen LogP contribution is -2.53. The zero-order chi connectivity index (χ0) is 22.1. The number of carbonyl (C=O) groups excluding carboxylic acids is 2. The van der Waals surface area contributed by atoms with E-state index in [1.807, 2.05) is 37.8 Å². The average molecular weight is 432 g/mol. The van der Waals surface area contributed by atoms with Crippen LogP contribution in [0.1, 0.15) is 31.9 Å². The maximum Gasteiger partial charge on any atom is 0.243 e. The van der Waals surface area contributed by atoms with Crippen molar-refractivity contribution in [1.29, 1.82) is 0 Å². The van der Waals surface area contributed by atoms with Crippen LogP contribution >= 0.6 is 11.6 Å². The number of likely N-dealkylation sites (N-methyl/N-ethyl adjacent to an activating group) is 1. The molecule has 0 saturated heterocycles. The van der Waals surface area contributed by atoms with Crippen molar-refractivity contribution in [2.45, 2.75) is 45.8 Å². The average Bonchev–Trinajstić information content (AvgIpc) is 2.73. The van der Waals surface area contributed by atoms with Gasteiger partial charge in [0.2, 0.25) is 11.8 Å². The van der Waals surface area contributed by atoms with Crippen molar-refractivity contribution < 1.29 is 9.59 Å². The number of halogens is 1. The first-order chi connectivity index (χ1) is 14.3. The van der Waals surface area contributed by atoms with Crippen LogP contribution in [0.15, 0.2) is 42.6 Å². The van der Waals surface area contributed by atoms with Crippen molar-refractivity contribution in [3.05, 3.63) is 58.7 Å². The Morgan fingerprint density at radius 2 is 1.87 bits per heavy atom. The van der Waals surface area contributed by atoms with Crippen LogP contribution in [0, 0.1) is 0 Å². The standard InChI is InChI=1S/C22H30ClN5O2/c1-4-28(5-2)15(3)21(29)27-19(12-16-7-6-8-18(23)11-16)22(30)26-14-17-9-10-20(24)25-13-17/h6-11,13,15,19H,4-5,12,14H2,1-3H3,(H2,24,25)(H,26,30)(H,27,29)/t15?,19-/m0/s1. The zero-order valence-corrected chi connectivity index (χ0v) is 18.4. The van der Waals surface area contributed by atoms with E-state index in [4.69, 9.17) is 17.3 Å². The van der Waals surface area contributed by atoms with Crippen LogP contribution in [0.2, 0.25) is 5.02 Å². The zero-order valence-electron chi connectivity index (χ0n) is 17.7. The molecule has 4 N–H and O–H groups in total. The molecule has 0 fully saturated rings. The number of nitrogens with two attached hydrogens (primary N) is 1. The number of nitrogens with zero attached hydrogens (tertiary/aromatic N) is 2. The highest BCUT2D eigenvalue weighted by atomic mass is 35.5. The van der Waals surface area contributed by atoms with Crippen LogP contribution in [-0.2, 0) is 22.6 Å². The fourth-order valence-corrected chi connectivity index (χ4v) is 3.40. The van der Waals surface area contributed by atoms with Gasteiger partial charge in [-0.2, -0.15) is 0 Å². The van der Waals surface area contributed by atoms with Gasteiger partial charge in [-0.25, -0.2) is 4.98 Å². The normalized spacial score (nSPS) is 13.0. The molecule has 2 rings (SSSR count). The second-order valence-electron chi connectivity index (χ2n) is 7.10. The molecule has 0 aliphatic heterocycles. The Hall–Kier alpha value is -2.64. The summed E-state index contributed by atoms with van der Waals surface area (Å²) in [6, 6.07) is 9.70. The molecule has 0 saturated carbocycles. The minimum atomic E-state index is -0.726. The number of nitrogen functional groups attached to an aromatic ring is 1. The van der Waals surface area contributed by atoms with Crippen LogP contribution in [0.25, 0.3) is 0 Å². The topological polar surface area (TPSA) is 100 Å². The van der Waals surface area contributed by atoms with E-state index in [9.17, 15) is 9.59 Å². The molecule has 8 heteroatoms. The number of carbonyl (C=O) groups is 2. The number of rotatable bonds is 10. The van der Waals surface area contributed by atoms with Crippen LogP contribution in [0.5, 0.6) is 0 Å². The smallest absolute Gasteiger partial charge is 0.243 e. The number of amides is 2. The Morgan fingerprint density at radius 3 is 2.47 bits per heavy atom. The fraction of sp³-hybridized carbons (Fsp3) is 0.409. The molecule has 1 unspecified atom stereocenters. The van der Waals surface area contributed by atoms with E-state index in [2.05, 4.69) is 15.6 Å². The number of pyridine rings is 1. The highest BCUT2D eigenvalue weighted by Gasteiger charge is 2.26. The number of anilines is 1. The lowest BCUT2D eigenvalue weighted by atomic mass is 10.0. The van der Waals surface area contributed by atoms with Crippen LogP contribution < -0.4 is 16.4 Å². The third-order valence-corrected chi connectivity index (χ3v) is 5.25. The quantitative estimate of drug-likeness (QED) is 0.536. The predicted molar refractivity (Wildman–Crippen MR) is 120 cm³/mol. The minimum Gasteiger partial charge on any atom is -0.384 e. The van der Waals surface area contributed by atoms with Gasteiger partial charge in [0, 0.05) is 24.2 Å². The van der Waals surface area contributed by atoms with Crippen LogP contribution in [0.3, 0.4) is 0 Å². The maximum absolute atomic E-state index is 12.9. The van der Waals surface area contributed by atoms with Crippen LogP contribution in [-0.4, -0.2) is 46.9 Å². The largest absolute Gasteiger partial charge is 0.384 e. The van der Waals surface area contributed by atoms with Crippen molar-refractivity contribution in [1.82, 2.24) is 20.5 Å². The summed E-state index contributed by atoms with van der Waals surface area (Å²) < 4.78 is 0. The number of aromatic nitrogens is 1. The second kappa shape index (κ2) is 11.5. The Labute approximate surface area is 183 Å². The molecule has 2 atom stereocenters. The van der Waals surface area contributed by atoms with Gasteiger partial charge < -0.3 is 16.4 Å². The molecule has 0 aliphatic rings. The number of nitrogens with one attached hydrogen (secondary N) is 2. The molecule has 0 aliphatic carbocycles. The predicted octanol–water partition coefficient (Wildman–Crippen LogP) is 2.39. The summed E-state index contributed by atoms with van der Waals surface area (Å²) in [6.45, 7) is 7.64. The molecule has 0 spiro atoms. The number of benzene rings is 1. The van der Waals surface area contributed by atoms with Crippen molar-refractivity contribution in [3.8, 4) is 0 Å². The van der Waals surface area contributed by atoms with Gasteiger partial charge in [0.05, 0.1) is 6.04 Å². The van der Waals surface area contributed by atoms with Crippen molar-refractivity contribution >= 4 is 29.2 Å². The summed E-state index contributed by atoms with van der Waals surface area (Å²) in [5, 5.41) is 6.37. The van der Waals surface area contributed by atoms with Crippen LogP contribution in [0.4, 0.5) is 5.82 Å². The first kappa shape index (κ1) is 23.6. The third kappa shape index (κ3) is 7.00. The summed E-state index contributed by atoms with van der Waals surface area (Å²) in [5.41, 5.74) is 7.29. The summed E-state index contributed by atoms with van der Waals surface area (Å²) in [6.07, 6.45) is 1.95. The summed E-state index contributed by atoms with van der Waals surface area (Å²) in [5.74, 6) is -0.0384. The summed E-state index contributed by atoms with van der Waals surface area (Å²) >= 11 is 6.09. The molecule has 2 amide bonds. The lowest BCUT2D eigenvalue weighted by Gasteiger charge is -2.27. The number of hydrogen-bond donors (Lipinski definition) is 3. The van der Waals surface area contributed by atoms with E-state index in [0.717, 1.165) is 24.2 Å². The molecule has 0 radical (unpaired) electrons. The van der Waals surface area contributed by atoms with E-state index in [0.29, 0.717) is 23.8 Å². The molecule has 7 nitrogen and oxygen atoms in total. The molecule has 0 bridgehead atoms. The van der Waals surface area contributed by atoms with Crippen molar-refractivity contribution in [3.63, 3.8) is 0 Å². The van der Waals surface area contributed by atoms with Crippen molar-refractivity contribution in [2.75, 3.05) is 18.8 Å². The fourth-order valence-electron chi connectivity index (χ4n) is 3.19. The minimum absolute atomic E-state index is 0.185. The van der Waals surface area contributed by atoms with E-state index < -0.39 is 6.04 Å². The molecule has 162 valence electrons. The van der Waals surface area contributed by atoms with Gasteiger partial charge in [-0.3, -0.25) is 14.5 Å². The van der Waals surface area contributed by atoms with Gasteiger partial charge in [0.1, 0.15) is 11.9 Å². The molecule has 2 aromatic rings. The first-order valence-electron chi connectivity index (χ1n) is 10.1. The second-order valence-corrected chi connectivity index (χ2v) is 7.54. The molecule has 1 heterocycles. The highest BCUT2D eigenvalue weighted by molar-refractivity contribution is 6.30. The Balaban J connectivity index is 2.11. The molecule has 1 aromatic carbocycles. The van der Waals surface area contributed by atoms with E-state index in [1.54, 1.807) is 30.5 Å². The van der Waals surface area contributed by atoms with E-state index >= 15 is 0 Å². The summed E-state index contributed by atoms with van der Waals surface area (Å²) in [4.78, 5) is 31.8. The van der Waals surface area contributed by atoms with Gasteiger partial charge in [0.15, 0.2) is 0 Å². The lowest BCUT2D eigenvalue weighted by molar-refractivity contribution is -0.131. The highest BCUT2D eigenvalue weighted by Crippen LogP contribution is 2.13. The van der Waals surface area contributed by atoms with Gasteiger partial charge >= 0.3 is 0 Å². The Kier molecular flexibility index (Phi) is 9.08. The van der Waals surface area contributed by atoms with Gasteiger partial charge in [0.25, 0.3) is 0 Å².